The number of amides is 1. The molecule has 1 amide bonds. The summed E-state index contributed by atoms with van der Waals surface area (Å²) in [5, 5.41) is 3.46. The Hall–Kier alpha value is -1.58. The van der Waals surface area contributed by atoms with E-state index in [4.69, 9.17) is 11.6 Å². The van der Waals surface area contributed by atoms with E-state index in [-0.39, 0.29) is 5.91 Å². The third-order valence-corrected chi connectivity index (χ3v) is 3.61. The third kappa shape index (κ3) is 4.51. The molecule has 2 aromatic rings. The molecule has 1 N–H and O–H groups in total. The van der Waals surface area contributed by atoms with Crippen molar-refractivity contribution in [2.45, 2.75) is 6.54 Å². The van der Waals surface area contributed by atoms with Gasteiger partial charge in [-0.3, -0.25) is 4.79 Å². The van der Waals surface area contributed by atoms with Crippen molar-refractivity contribution in [3.05, 3.63) is 75.2 Å². The van der Waals surface area contributed by atoms with Gasteiger partial charge in [0.15, 0.2) is 0 Å². The monoisotopic (exact) mass is 349 g/mol. The van der Waals surface area contributed by atoms with Gasteiger partial charge < -0.3 is 5.32 Å². The molecule has 0 bridgehead atoms. The number of benzene rings is 2. The van der Waals surface area contributed by atoms with Crippen LogP contribution >= 0.6 is 27.5 Å². The van der Waals surface area contributed by atoms with Gasteiger partial charge in [0.1, 0.15) is 0 Å². The summed E-state index contributed by atoms with van der Waals surface area (Å²) < 4.78 is 1.01. The van der Waals surface area contributed by atoms with Crippen LogP contribution in [0.15, 0.2) is 59.1 Å². The zero-order valence-electron chi connectivity index (χ0n) is 10.6. The predicted molar refractivity (Wildman–Crippen MR) is 86.5 cm³/mol. The van der Waals surface area contributed by atoms with Crippen LogP contribution < -0.4 is 5.32 Å². The standard InChI is InChI=1S/C16H13BrClNO/c17-14-8-5-12(6-9-14)7-10-16(20)19-11-13-3-1-2-4-15(13)18/h1-10H,11H2,(H,19,20)/b10-7+. The molecular weight excluding hydrogens is 338 g/mol. The molecule has 2 nitrogen and oxygen atoms in total. The van der Waals surface area contributed by atoms with Crippen molar-refractivity contribution in [3.8, 4) is 0 Å². The Morgan fingerprint density at radius 2 is 1.85 bits per heavy atom. The zero-order chi connectivity index (χ0) is 14.4. The van der Waals surface area contributed by atoms with Crippen molar-refractivity contribution >= 4 is 39.5 Å². The van der Waals surface area contributed by atoms with E-state index in [2.05, 4.69) is 21.2 Å². The first kappa shape index (κ1) is 14.8. The topological polar surface area (TPSA) is 29.1 Å². The summed E-state index contributed by atoms with van der Waals surface area (Å²) in [7, 11) is 0. The maximum atomic E-state index is 11.7. The highest BCUT2D eigenvalue weighted by atomic mass is 79.9. The van der Waals surface area contributed by atoms with Crippen LogP contribution in [0, 0.1) is 0 Å². The number of nitrogens with one attached hydrogen (secondary N) is 1. The molecule has 102 valence electrons. The Balaban J connectivity index is 1.90. The lowest BCUT2D eigenvalue weighted by Crippen LogP contribution is -2.20. The van der Waals surface area contributed by atoms with Crippen LogP contribution in [0.2, 0.25) is 5.02 Å². The Bertz CT molecular complexity index is 623. The van der Waals surface area contributed by atoms with Crippen LogP contribution in [0.4, 0.5) is 0 Å². The molecule has 0 spiro atoms. The van der Waals surface area contributed by atoms with Gasteiger partial charge in [-0.15, -0.1) is 0 Å². The van der Waals surface area contributed by atoms with Gasteiger partial charge in [-0.1, -0.05) is 57.9 Å². The predicted octanol–water partition coefficient (Wildman–Crippen LogP) is 4.43. The van der Waals surface area contributed by atoms with Gasteiger partial charge in [0.2, 0.25) is 5.91 Å². The second-order valence-electron chi connectivity index (χ2n) is 4.19. The number of hydrogen-bond acceptors (Lipinski definition) is 1. The molecule has 0 atom stereocenters. The van der Waals surface area contributed by atoms with Crippen LogP contribution in [0.5, 0.6) is 0 Å². The summed E-state index contributed by atoms with van der Waals surface area (Å²) in [4.78, 5) is 11.7. The lowest BCUT2D eigenvalue weighted by Gasteiger charge is -2.04. The molecule has 0 aliphatic rings. The molecule has 0 heterocycles. The van der Waals surface area contributed by atoms with Crippen molar-refractivity contribution < 1.29 is 4.79 Å². The van der Waals surface area contributed by atoms with Crippen molar-refractivity contribution in [1.82, 2.24) is 5.32 Å². The van der Waals surface area contributed by atoms with E-state index >= 15 is 0 Å². The summed E-state index contributed by atoms with van der Waals surface area (Å²) in [6.45, 7) is 0.420. The van der Waals surface area contributed by atoms with Crippen LogP contribution in [-0.2, 0) is 11.3 Å². The first-order valence-corrected chi connectivity index (χ1v) is 7.27. The number of halogens is 2. The minimum Gasteiger partial charge on any atom is -0.348 e. The van der Waals surface area contributed by atoms with Crippen LogP contribution in [0.1, 0.15) is 11.1 Å². The molecule has 0 radical (unpaired) electrons. The molecule has 0 aromatic heterocycles. The average Bonchev–Trinajstić information content (AvgIpc) is 2.46. The Kier molecular flexibility index (Phi) is 5.39. The molecule has 2 aromatic carbocycles. The molecule has 0 saturated heterocycles. The minimum atomic E-state index is -0.146. The maximum Gasteiger partial charge on any atom is 0.244 e. The summed E-state index contributed by atoms with van der Waals surface area (Å²) in [5.41, 5.74) is 1.88. The molecule has 0 fully saturated rings. The normalized spacial score (nSPS) is 10.7. The van der Waals surface area contributed by atoms with Crippen molar-refractivity contribution in [2.24, 2.45) is 0 Å². The highest BCUT2D eigenvalue weighted by Gasteiger charge is 2.00. The fourth-order valence-corrected chi connectivity index (χ4v) is 2.10. The molecular formula is C16H13BrClNO. The SMILES string of the molecule is O=C(/C=C/c1ccc(Br)cc1)NCc1ccccc1Cl. The van der Waals surface area contributed by atoms with Gasteiger partial charge >= 0.3 is 0 Å². The van der Waals surface area contributed by atoms with Gasteiger partial charge in [-0.05, 0) is 35.4 Å². The largest absolute Gasteiger partial charge is 0.348 e. The van der Waals surface area contributed by atoms with Gasteiger partial charge in [0.25, 0.3) is 0 Å². The molecule has 2 rings (SSSR count). The minimum absolute atomic E-state index is 0.146. The molecule has 4 heteroatoms. The first-order chi connectivity index (χ1) is 9.65. The summed E-state index contributed by atoms with van der Waals surface area (Å²) in [6.07, 6.45) is 3.29. The third-order valence-electron chi connectivity index (χ3n) is 2.71. The summed E-state index contributed by atoms with van der Waals surface area (Å²) in [6, 6.07) is 15.2. The van der Waals surface area contributed by atoms with E-state index in [1.165, 1.54) is 6.08 Å². The number of hydrogen-bond donors (Lipinski definition) is 1. The molecule has 0 saturated carbocycles. The summed E-state index contributed by atoms with van der Waals surface area (Å²) in [5.74, 6) is -0.146. The van der Waals surface area contributed by atoms with Crippen LogP contribution in [0.25, 0.3) is 6.08 Å². The molecule has 0 aliphatic heterocycles. The highest BCUT2D eigenvalue weighted by Crippen LogP contribution is 2.14. The Labute approximate surface area is 131 Å². The zero-order valence-corrected chi connectivity index (χ0v) is 13.0. The fourth-order valence-electron chi connectivity index (χ4n) is 1.63. The Morgan fingerprint density at radius 3 is 2.55 bits per heavy atom. The van der Waals surface area contributed by atoms with E-state index in [9.17, 15) is 4.79 Å². The fraction of sp³-hybridized carbons (Fsp3) is 0.0625. The van der Waals surface area contributed by atoms with Gasteiger partial charge in [-0.25, -0.2) is 0 Å². The quantitative estimate of drug-likeness (QED) is 0.812. The second-order valence-corrected chi connectivity index (χ2v) is 5.52. The highest BCUT2D eigenvalue weighted by molar-refractivity contribution is 9.10. The van der Waals surface area contributed by atoms with Crippen molar-refractivity contribution in [2.75, 3.05) is 0 Å². The van der Waals surface area contributed by atoms with Crippen LogP contribution in [0.3, 0.4) is 0 Å². The van der Waals surface area contributed by atoms with E-state index in [0.29, 0.717) is 11.6 Å². The van der Waals surface area contributed by atoms with Gasteiger partial charge in [0.05, 0.1) is 0 Å². The molecule has 20 heavy (non-hydrogen) atoms. The average molecular weight is 351 g/mol. The van der Waals surface area contributed by atoms with E-state index in [1.54, 1.807) is 12.1 Å². The van der Waals surface area contributed by atoms with E-state index < -0.39 is 0 Å². The lowest BCUT2D eigenvalue weighted by atomic mass is 10.2. The number of rotatable bonds is 4. The number of carbonyl (C=O) groups excluding carboxylic acids is 1. The van der Waals surface area contributed by atoms with Crippen molar-refractivity contribution in [3.63, 3.8) is 0 Å². The second kappa shape index (κ2) is 7.27. The first-order valence-electron chi connectivity index (χ1n) is 6.10. The van der Waals surface area contributed by atoms with E-state index in [1.807, 2.05) is 42.5 Å². The van der Waals surface area contributed by atoms with Crippen molar-refractivity contribution in [1.29, 1.82) is 0 Å². The number of carbonyl (C=O) groups is 1. The van der Waals surface area contributed by atoms with E-state index in [0.717, 1.165) is 15.6 Å². The molecule has 0 aliphatic carbocycles. The maximum absolute atomic E-state index is 11.7. The van der Waals surface area contributed by atoms with Crippen LogP contribution in [-0.4, -0.2) is 5.91 Å². The lowest BCUT2D eigenvalue weighted by molar-refractivity contribution is -0.116. The summed E-state index contributed by atoms with van der Waals surface area (Å²) >= 11 is 9.39. The smallest absolute Gasteiger partial charge is 0.244 e. The van der Waals surface area contributed by atoms with Gasteiger partial charge in [-0.2, -0.15) is 0 Å². The molecule has 0 unspecified atom stereocenters. The Morgan fingerprint density at radius 1 is 1.15 bits per heavy atom. The van der Waals surface area contributed by atoms with Gasteiger partial charge in [0, 0.05) is 22.1 Å².